The summed E-state index contributed by atoms with van der Waals surface area (Å²) >= 11 is 6.00. The molecule has 6 nitrogen and oxygen atoms in total. The Bertz CT molecular complexity index is 987. The Morgan fingerprint density at radius 1 is 1.28 bits per heavy atom. The standard InChI is InChI=1S/C22H21ClN4O2/c1-15(17-4-2-10-24-13-17)25-14-22(28)27-20(21-5-3-11-29-21)12-19(26-27)16-6-8-18(23)9-7-16/h2-11,13,15,20,25H,12,14H2,1H3. The van der Waals surface area contributed by atoms with Crippen LogP contribution in [0.25, 0.3) is 0 Å². The number of hydrazone groups is 1. The van der Waals surface area contributed by atoms with Crippen LogP contribution in [0.1, 0.15) is 42.3 Å². The highest BCUT2D eigenvalue weighted by molar-refractivity contribution is 6.30. The minimum Gasteiger partial charge on any atom is -0.467 e. The lowest BCUT2D eigenvalue weighted by molar-refractivity contribution is -0.132. The summed E-state index contributed by atoms with van der Waals surface area (Å²) < 4.78 is 5.58. The molecule has 1 aromatic carbocycles. The predicted molar refractivity (Wildman–Crippen MR) is 112 cm³/mol. The van der Waals surface area contributed by atoms with Crippen LogP contribution >= 0.6 is 11.6 Å². The van der Waals surface area contributed by atoms with Crippen molar-refractivity contribution in [1.29, 1.82) is 0 Å². The topological polar surface area (TPSA) is 70.7 Å². The number of amides is 1. The van der Waals surface area contributed by atoms with Crippen molar-refractivity contribution in [2.24, 2.45) is 5.10 Å². The average molecular weight is 409 g/mol. The summed E-state index contributed by atoms with van der Waals surface area (Å²) in [7, 11) is 0. The molecular formula is C22H21ClN4O2. The lowest BCUT2D eigenvalue weighted by Crippen LogP contribution is -2.36. The number of furan rings is 1. The minimum atomic E-state index is -0.265. The van der Waals surface area contributed by atoms with Crippen molar-refractivity contribution in [3.8, 4) is 0 Å². The molecule has 2 aromatic heterocycles. The first-order chi connectivity index (χ1) is 14.1. The van der Waals surface area contributed by atoms with Gasteiger partial charge in [-0.25, -0.2) is 5.01 Å². The van der Waals surface area contributed by atoms with Crippen molar-refractivity contribution in [2.45, 2.75) is 25.4 Å². The van der Waals surface area contributed by atoms with Crippen LogP contribution in [0.3, 0.4) is 0 Å². The maximum Gasteiger partial charge on any atom is 0.257 e. The van der Waals surface area contributed by atoms with Crippen LogP contribution in [0.2, 0.25) is 5.02 Å². The average Bonchev–Trinajstić information content (AvgIpc) is 3.43. The van der Waals surface area contributed by atoms with Crippen LogP contribution in [0.4, 0.5) is 0 Å². The summed E-state index contributed by atoms with van der Waals surface area (Å²) in [6, 6.07) is 14.8. The SMILES string of the molecule is CC(NCC(=O)N1N=C(c2ccc(Cl)cc2)CC1c1ccco1)c1cccnc1. The van der Waals surface area contributed by atoms with E-state index >= 15 is 0 Å². The van der Waals surface area contributed by atoms with Gasteiger partial charge in [0.1, 0.15) is 11.8 Å². The maximum atomic E-state index is 13.0. The van der Waals surface area contributed by atoms with Gasteiger partial charge in [0, 0.05) is 29.9 Å². The van der Waals surface area contributed by atoms with Gasteiger partial charge in [0.05, 0.1) is 18.5 Å². The summed E-state index contributed by atoms with van der Waals surface area (Å²) in [6.45, 7) is 2.16. The third-order valence-corrected chi connectivity index (χ3v) is 5.21. The van der Waals surface area contributed by atoms with Crippen molar-refractivity contribution in [3.05, 3.63) is 89.1 Å². The first kappa shape index (κ1) is 19.4. The molecule has 1 N–H and O–H groups in total. The van der Waals surface area contributed by atoms with E-state index in [-0.39, 0.29) is 24.5 Å². The Morgan fingerprint density at radius 2 is 2.10 bits per heavy atom. The molecule has 2 unspecified atom stereocenters. The normalized spacial score (nSPS) is 17.2. The van der Waals surface area contributed by atoms with E-state index < -0.39 is 0 Å². The third kappa shape index (κ3) is 4.39. The number of halogens is 1. The van der Waals surface area contributed by atoms with Gasteiger partial charge in [0.2, 0.25) is 0 Å². The van der Waals surface area contributed by atoms with E-state index in [9.17, 15) is 4.79 Å². The number of aromatic nitrogens is 1. The number of pyridine rings is 1. The van der Waals surface area contributed by atoms with Crippen molar-refractivity contribution in [2.75, 3.05) is 6.54 Å². The summed E-state index contributed by atoms with van der Waals surface area (Å²) in [5.74, 6) is 0.595. The Balaban J connectivity index is 1.51. The van der Waals surface area contributed by atoms with E-state index in [0.29, 0.717) is 17.2 Å². The van der Waals surface area contributed by atoms with E-state index in [2.05, 4.69) is 15.4 Å². The molecule has 4 rings (SSSR count). The fourth-order valence-electron chi connectivity index (χ4n) is 3.33. The highest BCUT2D eigenvalue weighted by Crippen LogP contribution is 2.33. The van der Waals surface area contributed by atoms with E-state index in [1.54, 1.807) is 18.7 Å². The highest BCUT2D eigenvalue weighted by Gasteiger charge is 2.34. The fourth-order valence-corrected chi connectivity index (χ4v) is 3.46. The molecule has 0 radical (unpaired) electrons. The van der Waals surface area contributed by atoms with E-state index in [1.807, 2.05) is 55.5 Å². The zero-order valence-corrected chi connectivity index (χ0v) is 16.7. The lowest BCUT2D eigenvalue weighted by atomic mass is 10.0. The second-order valence-corrected chi connectivity index (χ2v) is 7.35. The van der Waals surface area contributed by atoms with Gasteiger partial charge in [-0.3, -0.25) is 9.78 Å². The molecule has 148 valence electrons. The molecule has 29 heavy (non-hydrogen) atoms. The maximum absolute atomic E-state index is 13.0. The van der Waals surface area contributed by atoms with E-state index in [4.69, 9.17) is 16.0 Å². The minimum absolute atomic E-state index is 0.00275. The van der Waals surface area contributed by atoms with Crippen molar-refractivity contribution in [1.82, 2.24) is 15.3 Å². The quantitative estimate of drug-likeness (QED) is 0.658. The monoisotopic (exact) mass is 408 g/mol. The number of nitrogens with zero attached hydrogens (tertiary/aromatic N) is 3. The molecule has 1 aliphatic heterocycles. The van der Waals surface area contributed by atoms with Gasteiger partial charge in [-0.15, -0.1) is 0 Å². The number of hydrogen-bond acceptors (Lipinski definition) is 5. The first-order valence-corrected chi connectivity index (χ1v) is 9.82. The van der Waals surface area contributed by atoms with Crippen LogP contribution < -0.4 is 5.32 Å². The van der Waals surface area contributed by atoms with Gasteiger partial charge in [0.25, 0.3) is 5.91 Å². The Hall–Kier alpha value is -2.96. The van der Waals surface area contributed by atoms with E-state index in [1.165, 1.54) is 5.01 Å². The molecule has 1 amide bonds. The second-order valence-electron chi connectivity index (χ2n) is 6.92. The number of nitrogens with one attached hydrogen (secondary N) is 1. The molecule has 3 aromatic rings. The number of benzene rings is 1. The molecule has 3 heterocycles. The smallest absolute Gasteiger partial charge is 0.257 e. The van der Waals surface area contributed by atoms with Crippen LogP contribution in [0, 0.1) is 0 Å². The molecule has 2 atom stereocenters. The molecule has 7 heteroatoms. The molecule has 1 aliphatic rings. The molecular weight excluding hydrogens is 388 g/mol. The molecule has 0 spiro atoms. The number of carbonyl (C=O) groups excluding carboxylic acids is 1. The second kappa shape index (κ2) is 8.59. The van der Waals surface area contributed by atoms with Crippen LogP contribution in [0.5, 0.6) is 0 Å². The molecule has 0 bridgehead atoms. The van der Waals surface area contributed by atoms with E-state index in [0.717, 1.165) is 16.8 Å². The zero-order chi connectivity index (χ0) is 20.2. The summed E-state index contributed by atoms with van der Waals surface area (Å²) in [5, 5.41) is 10.1. The summed E-state index contributed by atoms with van der Waals surface area (Å²) in [6.07, 6.45) is 5.72. The van der Waals surface area contributed by atoms with Crippen molar-refractivity contribution >= 4 is 23.2 Å². The number of carbonyl (C=O) groups is 1. The number of rotatable bonds is 6. The molecule has 0 saturated heterocycles. The van der Waals surface area contributed by atoms with Gasteiger partial charge in [-0.1, -0.05) is 29.8 Å². The summed E-state index contributed by atoms with van der Waals surface area (Å²) in [5.41, 5.74) is 2.80. The van der Waals surface area contributed by atoms with Gasteiger partial charge in [0.15, 0.2) is 0 Å². The summed E-state index contributed by atoms with van der Waals surface area (Å²) in [4.78, 5) is 17.1. The molecule has 0 fully saturated rings. The van der Waals surface area contributed by atoms with Gasteiger partial charge < -0.3 is 9.73 Å². The first-order valence-electron chi connectivity index (χ1n) is 9.44. The fraction of sp³-hybridized carbons (Fsp3) is 0.227. The Kier molecular flexibility index (Phi) is 5.74. The number of hydrogen-bond donors (Lipinski definition) is 1. The predicted octanol–water partition coefficient (Wildman–Crippen LogP) is 4.36. The lowest BCUT2D eigenvalue weighted by Gasteiger charge is -2.21. The van der Waals surface area contributed by atoms with Crippen LogP contribution in [-0.4, -0.2) is 28.2 Å². The van der Waals surface area contributed by atoms with Crippen molar-refractivity contribution < 1.29 is 9.21 Å². The van der Waals surface area contributed by atoms with Gasteiger partial charge >= 0.3 is 0 Å². The third-order valence-electron chi connectivity index (χ3n) is 4.96. The van der Waals surface area contributed by atoms with Crippen molar-refractivity contribution in [3.63, 3.8) is 0 Å². The van der Waals surface area contributed by atoms with Gasteiger partial charge in [-0.05, 0) is 48.4 Å². The zero-order valence-electron chi connectivity index (χ0n) is 16.0. The van der Waals surface area contributed by atoms with Crippen LogP contribution in [0.15, 0.2) is 76.7 Å². The Labute approximate surface area is 174 Å². The Morgan fingerprint density at radius 3 is 2.79 bits per heavy atom. The molecule has 0 aliphatic carbocycles. The largest absolute Gasteiger partial charge is 0.467 e. The van der Waals surface area contributed by atoms with Gasteiger partial charge in [-0.2, -0.15) is 5.10 Å². The highest BCUT2D eigenvalue weighted by atomic mass is 35.5. The molecule has 0 saturated carbocycles. The van der Waals surface area contributed by atoms with Crippen LogP contribution in [-0.2, 0) is 4.79 Å².